The van der Waals surface area contributed by atoms with Crippen molar-refractivity contribution < 1.29 is 9.90 Å². The minimum absolute atomic E-state index is 0.0671. The molecule has 0 aliphatic heterocycles. The Bertz CT molecular complexity index is 147. The van der Waals surface area contributed by atoms with Crippen molar-refractivity contribution in [3.63, 3.8) is 0 Å². The second kappa shape index (κ2) is 5.14. The monoisotopic (exact) mass is 173 g/mol. The lowest BCUT2D eigenvalue weighted by Gasteiger charge is -2.18. The van der Waals surface area contributed by atoms with Crippen LogP contribution in [0.5, 0.6) is 0 Å². The van der Waals surface area contributed by atoms with Crippen LogP contribution in [0.1, 0.15) is 33.6 Å². The van der Waals surface area contributed by atoms with E-state index in [9.17, 15) is 4.79 Å². The summed E-state index contributed by atoms with van der Waals surface area (Å²) in [5.41, 5.74) is 5.46. The number of carboxylic acids is 1. The van der Waals surface area contributed by atoms with Gasteiger partial charge in [-0.1, -0.05) is 27.2 Å². The third kappa shape index (κ3) is 3.72. The number of rotatable bonds is 5. The highest BCUT2D eigenvalue weighted by Crippen LogP contribution is 2.16. The zero-order valence-electron chi connectivity index (χ0n) is 8.08. The molecule has 0 aromatic heterocycles. The summed E-state index contributed by atoms with van der Waals surface area (Å²) in [7, 11) is 0. The number of nitrogens with two attached hydrogens (primary N) is 1. The average molecular weight is 173 g/mol. The van der Waals surface area contributed by atoms with Crippen LogP contribution >= 0.6 is 0 Å². The van der Waals surface area contributed by atoms with Gasteiger partial charge in [-0.15, -0.1) is 0 Å². The van der Waals surface area contributed by atoms with E-state index in [4.69, 9.17) is 10.8 Å². The normalized spacial score (nSPS) is 18.3. The largest absolute Gasteiger partial charge is 0.480 e. The highest BCUT2D eigenvalue weighted by Gasteiger charge is 2.20. The molecule has 3 heteroatoms. The Morgan fingerprint density at radius 1 is 1.50 bits per heavy atom. The van der Waals surface area contributed by atoms with Gasteiger partial charge in [0.15, 0.2) is 0 Å². The maximum atomic E-state index is 10.5. The fraction of sp³-hybridized carbons (Fsp3) is 0.889. The van der Waals surface area contributed by atoms with E-state index in [0.717, 1.165) is 12.8 Å². The predicted molar refractivity (Wildman–Crippen MR) is 48.8 cm³/mol. The molecule has 0 heterocycles. The SMILES string of the molecule is CCC(C)CC(C)C(N)C(=O)O. The van der Waals surface area contributed by atoms with Crippen molar-refractivity contribution in [2.75, 3.05) is 0 Å². The maximum absolute atomic E-state index is 10.5. The van der Waals surface area contributed by atoms with Gasteiger partial charge in [-0.3, -0.25) is 4.79 Å². The first-order valence-corrected chi connectivity index (χ1v) is 4.47. The van der Waals surface area contributed by atoms with E-state index in [1.165, 1.54) is 0 Å². The fourth-order valence-electron chi connectivity index (χ4n) is 1.19. The summed E-state index contributed by atoms with van der Waals surface area (Å²) < 4.78 is 0. The Kier molecular flexibility index (Phi) is 4.90. The van der Waals surface area contributed by atoms with Gasteiger partial charge in [-0.2, -0.15) is 0 Å². The number of carbonyl (C=O) groups is 1. The third-order valence-corrected chi connectivity index (χ3v) is 2.37. The molecule has 0 amide bonds. The van der Waals surface area contributed by atoms with Gasteiger partial charge >= 0.3 is 5.97 Å². The third-order valence-electron chi connectivity index (χ3n) is 2.37. The second-order valence-electron chi connectivity index (χ2n) is 3.59. The number of aliphatic carboxylic acids is 1. The second-order valence-corrected chi connectivity index (χ2v) is 3.59. The topological polar surface area (TPSA) is 63.3 Å². The van der Waals surface area contributed by atoms with Gasteiger partial charge < -0.3 is 10.8 Å². The van der Waals surface area contributed by atoms with E-state index in [1.54, 1.807) is 0 Å². The molecule has 0 spiro atoms. The molecule has 0 saturated heterocycles. The Morgan fingerprint density at radius 3 is 2.33 bits per heavy atom. The zero-order valence-corrected chi connectivity index (χ0v) is 8.08. The number of hydrogen-bond acceptors (Lipinski definition) is 2. The first-order chi connectivity index (χ1) is 5.49. The highest BCUT2D eigenvalue weighted by atomic mass is 16.4. The molecule has 0 aromatic carbocycles. The van der Waals surface area contributed by atoms with E-state index in [1.807, 2.05) is 6.92 Å². The van der Waals surface area contributed by atoms with Gasteiger partial charge in [-0.25, -0.2) is 0 Å². The minimum Gasteiger partial charge on any atom is -0.480 e. The summed E-state index contributed by atoms with van der Waals surface area (Å²) >= 11 is 0. The summed E-state index contributed by atoms with van der Waals surface area (Å²) in [5.74, 6) is -0.270. The van der Waals surface area contributed by atoms with E-state index >= 15 is 0 Å². The standard InChI is InChI=1S/C9H19NO2/c1-4-6(2)5-7(3)8(10)9(11)12/h6-8H,4-5,10H2,1-3H3,(H,11,12). The zero-order chi connectivity index (χ0) is 9.72. The van der Waals surface area contributed by atoms with Gasteiger partial charge in [0, 0.05) is 0 Å². The van der Waals surface area contributed by atoms with Crippen LogP contribution in [0.15, 0.2) is 0 Å². The lowest BCUT2D eigenvalue weighted by atomic mass is 9.90. The van der Waals surface area contributed by atoms with E-state index in [0.29, 0.717) is 5.92 Å². The van der Waals surface area contributed by atoms with Gasteiger partial charge in [0.2, 0.25) is 0 Å². The average Bonchev–Trinajstić information content (AvgIpc) is 2.02. The van der Waals surface area contributed by atoms with Crippen LogP contribution in [0.3, 0.4) is 0 Å². The molecule has 0 aliphatic carbocycles. The van der Waals surface area contributed by atoms with Gasteiger partial charge in [0.25, 0.3) is 0 Å². The van der Waals surface area contributed by atoms with E-state index < -0.39 is 12.0 Å². The molecule has 0 radical (unpaired) electrons. The molecule has 3 atom stereocenters. The van der Waals surface area contributed by atoms with Crippen LogP contribution in [-0.2, 0) is 4.79 Å². The van der Waals surface area contributed by atoms with Crippen LogP contribution in [0.2, 0.25) is 0 Å². The van der Waals surface area contributed by atoms with Crippen molar-refractivity contribution in [3.05, 3.63) is 0 Å². The van der Waals surface area contributed by atoms with Gasteiger partial charge in [0.05, 0.1) is 0 Å². The van der Waals surface area contributed by atoms with Crippen molar-refractivity contribution >= 4 is 5.97 Å². The summed E-state index contributed by atoms with van der Waals surface area (Å²) in [5, 5.41) is 8.61. The van der Waals surface area contributed by atoms with Crippen LogP contribution in [0.25, 0.3) is 0 Å². The van der Waals surface area contributed by atoms with Crippen LogP contribution in [0, 0.1) is 11.8 Å². The van der Waals surface area contributed by atoms with Crippen molar-refractivity contribution in [1.82, 2.24) is 0 Å². The molecule has 3 nitrogen and oxygen atoms in total. The Hall–Kier alpha value is -0.570. The molecule has 3 unspecified atom stereocenters. The van der Waals surface area contributed by atoms with E-state index in [-0.39, 0.29) is 5.92 Å². The lowest BCUT2D eigenvalue weighted by Crippen LogP contribution is -2.37. The first-order valence-electron chi connectivity index (χ1n) is 4.47. The summed E-state index contributed by atoms with van der Waals surface area (Å²) in [4.78, 5) is 10.5. The predicted octanol–water partition coefficient (Wildman–Crippen LogP) is 1.47. The number of hydrogen-bond donors (Lipinski definition) is 2. The van der Waals surface area contributed by atoms with Crippen LogP contribution in [0.4, 0.5) is 0 Å². The molecule has 0 aliphatic rings. The summed E-state index contributed by atoms with van der Waals surface area (Å²) in [6.45, 7) is 6.11. The molecule has 0 aromatic rings. The summed E-state index contributed by atoms with van der Waals surface area (Å²) in [6.07, 6.45) is 1.97. The molecule has 72 valence electrons. The van der Waals surface area contributed by atoms with Crippen LogP contribution in [-0.4, -0.2) is 17.1 Å². The quantitative estimate of drug-likeness (QED) is 0.661. The molecule has 0 saturated carbocycles. The van der Waals surface area contributed by atoms with Crippen molar-refractivity contribution in [2.24, 2.45) is 17.6 Å². The maximum Gasteiger partial charge on any atom is 0.320 e. The molecule has 0 bridgehead atoms. The minimum atomic E-state index is -0.897. The molecule has 0 fully saturated rings. The van der Waals surface area contributed by atoms with Crippen LogP contribution < -0.4 is 5.73 Å². The molecule has 0 rings (SSSR count). The Morgan fingerprint density at radius 2 is 2.00 bits per heavy atom. The van der Waals surface area contributed by atoms with Gasteiger partial charge in [0.1, 0.15) is 6.04 Å². The molecule has 3 N–H and O–H groups in total. The first kappa shape index (κ1) is 11.4. The smallest absolute Gasteiger partial charge is 0.320 e. The van der Waals surface area contributed by atoms with Crippen molar-refractivity contribution in [3.8, 4) is 0 Å². The highest BCUT2D eigenvalue weighted by molar-refractivity contribution is 5.73. The summed E-state index contributed by atoms with van der Waals surface area (Å²) in [6, 6.07) is -0.709. The van der Waals surface area contributed by atoms with Crippen molar-refractivity contribution in [2.45, 2.75) is 39.7 Å². The van der Waals surface area contributed by atoms with Crippen molar-refractivity contribution in [1.29, 1.82) is 0 Å². The Labute approximate surface area is 74.0 Å². The van der Waals surface area contributed by atoms with E-state index in [2.05, 4.69) is 13.8 Å². The molecule has 12 heavy (non-hydrogen) atoms. The Balaban J connectivity index is 3.86. The number of carboxylic acid groups (broad SMARTS) is 1. The fourth-order valence-corrected chi connectivity index (χ4v) is 1.19. The molecular weight excluding hydrogens is 154 g/mol. The van der Waals surface area contributed by atoms with Gasteiger partial charge in [-0.05, 0) is 18.3 Å². The molecular formula is C9H19NO2. The lowest BCUT2D eigenvalue weighted by molar-refractivity contribution is -0.139.